The quantitative estimate of drug-likeness (QED) is 0.753. The monoisotopic (exact) mass is 204 g/mol. The molecule has 82 valence electrons. The van der Waals surface area contributed by atoms with Crippen LogP contribution in [-0.4, -0.2) is 9.97 Å². The van der Waals surface area contributed by atoms with Crippen LogP contribution in [0.25, 0.3) is 0 Å². The molecule has 1 aromatic rings. The van der Waals surface area contributed by atoms with Crippen LogP contribution in [0.1, 0.15) is 45.7 Å². The Balaban J connectivity index is 2.13. The summed E-state index contributed by atoms with van der Waals surface area (Å²) in [4.78, 5) is 7.04. The number of nitrogens with zero attached hydrogens (tertiary/aromatic N) is 1. The summed E-state index contributed by atoms with van der Waals surface area (Å²) in [5.41, 5.74) is 1.57. The fourth-order valence-corrected chi connectivity index (χ4v) is 1.23. The number of imidazole rings is 1. The standard InChI is InChI=1S/C13H20N2/c1-13(2,3)9-7-5-4-6-8-12-10-14-11-15-12/h10-11H,6-9H2,1-3H3,(H,14,15). The minimum absolute atomic E-state index is 0.401. The third-order valence-electron chi connectivity index (χ3n) is 2.20. The van der Waals surface area contributed by atoms with Gasteiger partial charge in [0.15, 0.2) is 0 Å². The van der Waals surface area contributed by atoms with E-state index in [-0.39, 0.29) is 0 Å². The molecule has 0 atom stereocenters. The van der Waals surface area contributed by atoms with Crippen LogP contribution in [0.2, 0.25) is 0 Å². The number of aryl methyl sites for hydroxylation is 1. The van der Waals surface area contributed by atoms with Crippen molar-refractivity contribution in [2.24, 2.45) is 5.41 Å². The van der Waals surface area contributed by atoms with Crippen molar-refractivity contribution in [1.29, 1.82) is 0 Å². The SMILES string of the molecule is CC(C)(C)CCC#CCCc1cnc[nH]1. The fourth-order valence-electron chi connectivity index (χ4n) is 1.23. The molecule has 2 nitrogen and oxygen atoms in total. The molecule has 1 heterocycles. The summed E-state index contributed by atoms with van der Waals surface area (Å²) in [7, 11) is 0. The molecule has 0 amide bonds. The molecule has 0 fully saturated rings. The minimum atomic E-state index is 0.401. The van der Waals surface area contributed by atoms with E-state index in [4.69, 9.17) is 0 Å². The predicted molar refractivity (Wildman–Crippen MR) is 63.4 cm³/mol. The van der Waals surface area contributed by atoms with E-state index in [2.05, 4.69) is 42.6 Å². The number of hydrogen-bond donors (Lipinski definition) is 1. The Morgan fingerprint density at radius 3 is 2.60 bits per heavy atom. The maximum atomic E-state index is 3.97. The van der Waals surface area contributed by atoms with Gasteiger partial charge in [-0.15, -0.1) is 11.8 Å². The highest BCUT2D eigenvalue weighted by Gasteiger charge is 2.07. The van der Waals surface area contributed by atoms with Crippen LogP contribution in [0.5, 0.6) is 0 Å². The van der Waals surface area contributed by atoms with Crippen LogP contribution < -0.4 is 0 Å². The van der Waals surface area contributed by atoms with Gasteiger partial charge in [0.1, 0.15) is 0 Å². The smallest absolute Gasteiger partial charge is 0.0921 e. The van der Waals surface area contributed by atoms with E-state index < -0.39 is 0 Å². The van der Waals surface area contributed by atoms with E-state index in [1.807, 2.05) is 6.20 Å². The van der Waals surface area contributed by atoms with E-state index in [0.717, 1.165) is 19.3 Å². The molecule has 0 aromatic carbocycles. The maximum absolute atomic E-state index is 3.97. The number of H-pyrrole nitrogens is 1. The number of aromatic nitrogens is 2. The summed E-state index contributed by atoms with van der Waals surface area (Å²) in [5, 5.41) is 0. The molecule has 0 radical (unpaired) electrons. The van der Waals surface area contributed by atoms with Gasteiger partial charge in [-0.1, -0.05) is 20.8 Å². The number of aromatic amines is 1. The molecule has 15 heavy (non-hydrogen) atoms. The number of rotatable bonds is 3. The molecular weight excluding hydrogens is 184 g/mol. The minimum Gasteiger partial charge on any atom is -0.348 e. The molecule has 1 rings (SSSR count). The lowest BCUT2D eigenvalue weighted by atomic mass is 9.91. The van der Waals surface area contributed by atoms with Crippen LogP contribution >= 0.6 is 0 Å². The molecule has 0 aliphatic heterocycles. The molecule has 0 spiro atoms. The van der Waals surface area contributed by atoms with Crippen molar-refractivity contribution in [3.8, 4) is 11.8 Å². The fraction of sp³-hybridized carbons (Fsp3) is 0.615. The van der Waals surface area contributed by atoms with Gasteiger partial charge in [-0.25, -0.2) is 4.98 Å². The van der Waals surface area contributed by atoms with Crippen molar-refractivity contribution in [2.75, 3.05) is 0 Å². The van der Waals surface area contributed by atoms with Gasteiger partial charge in [0, 0.05) is 24.7 Å². The van der Waals surface area contributed by atoms with Crippen LogP contribution in [-0.2, 0) is 6.42 Å². The molecular formula is C13H20N2. The summed E-state index contributed by atoms with van der Waals surface area (Å²) in [5.74, 6) is 6.42. The van der Waals surface area contributed by atoms with Crippen molar-refractivity contribution in [1.82, 2.24) is 9.97 Å². The zero-order chi connectivity index (χ0) is 11.1. The van der Waals surface area contributed by atoms with Crippen LogP contribution in [0, 0.1) is 17.3 Å². The van der Waals surface area contributed by atoms with Gasteiger partial charge in [-0.05, 0) is 18.3 Å². The molecule has 2 heteroatoms. The first kappa shape index (κ1) is 11.8. The maximum Gasteiger partial charge on any atom is 0.0921 e. The Labute approximate surface area is 92.5 Å². The highest BCUT2D eigenvalue weighted by atomic mass is 14.9. The lowest BCUT2D eigenvalue weighted by Crippen LogP contribution is -2.03. The lowest BCUT2D eigenvalue weighted by molar-refractivity contribution is 0.384. The molecule has 0 unspecified atom stereocenters. The average Bonchev–Trinajstić information content (AvgIpc) is 2.61. The highest BCUT2D eigenvalue weighted by molar-refractivity contribution is 5.03. The van der Waals surface area contributed by atoms with Crippen molar-refractivity contribution in [2.45, 2.75) is 46.5 Å². The van der Waals surface area contributed by atoms with E-state index in [9.17, 15) is 0 Å². The molecule has 0 aliphatic carbocycles. The van der Waals surface area contributed by atoms with Gasteiger partial charge < -0.3 is 4.98 Å². The van der Waals surface area contributed by atoms with Gasteiger partial charge in [0.25, 0.3) is 0 Å². The number of nitrogens with one attached hydrogen (secondary N) is 1. The van der Waals surface area contributed by atoms with Crippen LogP contribution in [0.15, 0.2) is 12.5 Å². The average molecular weight is 204 g/mol. The van der Waals surface area contributed by atoms with E-state index in [1.54, 1.807) is 6.33 Å². The van der Waals surface area contributed by atoms with Gasteiger partial charge >= 0.3 is 0 Å². The van der Waals surface area contributed by atoms with Crippen molar-refractivity contribution in [3.63, 3.8) is 0 Å². The van der Waals surface area contributed by atoms with Crippen LogP contribution in [0.4, 0.5) is 0 Å². The topological polar surface area (TPSA) is 28.7 Å². The van der Waals surface area contributed by atoms with Gasteiger partial charge in [-0.3, -0.25) is 0 Å². The second-order valence-corrected chi connectivity index (χ2v) is 4.99. The van der Waals surface area contributed by atoms with Gasteiger partial charge in [-0.2, -0.15) is 0 Å². The van der Waals surface area contributed by atoms with Crippen molar-refractivity contribution >= 4 is 0 Å². The summed E-state index contributed by atoms with van der Waals surface area (Å²) in [6.07, 6.45) is 7.64. The molecule has 1 N–H and O–H groups in total. The molecule has 0 bridgehead atoms. The zero-order valence-corrected chi connectivity index (χ0v) is 9.93. The van der Waals surface area contributed by atoms with Crippen LogP contribution in [0.3, 0.4) is 0 Å². The third kappa shape index (κ3) is 5.96. The molecule has 0 saturated carbocycles. The van der Waals surface area contributed by atoms with E-state index >= 15 is 0 Å². The van der Waals surface area contributed by atoms with E-state index in [1.165, 1.54) is 12.1 Å². The van der Waals surface area contributed by atoms with Gasteiger partial charge in [0.05, 0.1) is 6.33 Å². The summed E-state index contributed by atoms with van der Waals surface area (Å²) < 4.78 is 0. The Morgan fingerprint density at radius 2 is 2.00 bits per heavy atom. The van der Waals surface area contributed by atoms with Crippen molar-refractivity contribution in [3.05, 3.63) is 18.2 Å². The molecule has 0 aliphatic rings. The molecule has 0 saturated heterocycles. The Kier molecular flexibility index (Phi) is 4.42. The van der Waals surface area contributed by atoms with Gasteiger partial charge in [0.2, 0.25) is 0 Å². The molecule has 1 aromatic heterocycles. The first-order valence-electron chi connectivity index (χ1n) is 5.51. The third-order valence-corrected chi connectivity index (χ3v) is 2.20. The second-order valence-electron chi connectivity index (χ2n) is 4.99. The second kappa shape index (κ2) is 5.60. The van der Waals surface area contributed by atoms with E-state index in [0.29, 0.717) is 5.41 Å². The predicted octanol–water partition coefficient (Wildman–Crippen LogP) is 3.17. The zero-order valence-electron chi connectivity index (χ0n) is 9.93. The summed E-state index contributed by atoms with van der Waals surface area (Å²) in [6.45, 7) is 6.75. The van der Waals surface area contributed by atoms with Crippen molar-refractivity contribution < 1.29 is 0 Å². The first-order valence-corrected chi connectivity index (χ1v) is 5.51. The number of hydrogen-bond acceptors (Lipinski definition) is 1. The Hall–Kier alpha value is -1.23. The summed E-state index contributed by atoms with van der Waals surface area (Å²) >= 11 is 0. The Morgan fingerprint density at radius 1 is 1.27 bits per heavy atom. The normalized spacial score (nSPS) is 10.9. The highest BCUT2D eigenvalue weighted by Crippen LogP contribution is 2.19. The largest absolute Gasteiger partial charge is 0.348 e. The Bertz CT molecular complexity index is 320. The first-order chi connectivity index (χ1) is 7.08. The summed E-state index contributed by atoms with van der Waals surface area (Å²) in [6, 6.07) is 0. The lowest BCUT2D eigenvalue weighted by Gasteiger charge is -2.15.